The summed E-state index contributed by atoms with van der Waals surface area (Å²) in [4.78, 5) is 26.3. The van der Waals surface area contributed by atoms with Gasteiger partial charge in [0, 0.05) is 54.3 Å². The number of carbonyl (C=O) groups is 1. The molecule has 0 fully saturated rings. The van der Waals surface area contributed by atoms with E-state index in [1.54, 1.807) is 47.1 Å². The number of amides is 1. The smallest absolute Gasteiger partial charge is 0.455 e. The van der Waals surface area contributed by atoms with E-state index in [0.717, 1.165) is 22.8 Å². The van der Waals surface area contributed by atoms with Crippen molar-refractivity contribution in [3.8, 4) is 28.5 Å². The van der Waals surface area contributed by atoms with E-state index in [-0.39, 0.29) is 33.5 Å². The van der Waals surface area contributed by atoms with Crippen LogP contribution in [0.15, 0.2) is 77.6 Å². The highest BCUT2D eigenvalue weighted by molar-refractivity contribution is 7.92. The molecule has 7 rings (SSSR count). The molecule has 2 aromatic carbocycles. The lowest BCUT2D eigenvalue weighted by Gasteiger charge is -2.20. The van der Waals surface area contributed by atoms with E-state index < -0.39 is 34.0 Å². The third kappa shape index (κ3) is 5.19. The van der Waals surface area contributed by atoms with Gasteiger partial charge in [0.05, 0.1) is 39.8 Å². The highest BCUT2D eigenvalue weighted by Crippen LogP contribution is 2.41. The second kappa shape index (κ2) is 10.9. The minimum absolute atomic E-state index is 0.0201. The predicted octanol–water partition coefficient (Wildman–Crippen LogP) is 6.30. The van der Waals surface area contributed by atoms with Gasteiger partial charge in [-0.05, 0) is 42.5 Å². The summed E-state index contributed by atoms with van der Waals surface area (Å²) >= 11 is 0. The summed E-state index contributed by atoms with van der Waals surface area (Å²) in [5.41, 5.74) is 3.08. The van der Waals surface area contributed by atoms with Crippen molar-refractivity contribution in [2.45, 2.75) is 6.36 Å². The van der Waals surface area contributed by atoms with Gasteiger partial charge < -0.3 is 14.5 Å². The fourth-order valence-corrected chi connectivity index (χ4v) is 6.07. The highest BCUT2D eigenvalue weighted by Gasteiger charge is 2.32. The summed E-state index contributed by atoms with van der Waals surface area (Å²) in [5, 5.41) is 3.16. The molecule has 16 heteroatoms. The normalized spacial score (nSPS) is 12.3. The molecule has 48 heavy (non-hydrogen) atoms. The SMILES string of the molecule is CNC(=O)c1c(-c2ccc(OC(F)(F)F)nc2)oc2cc(N(C)S(C)(=O)=O)c(-c3ccc4ncn5c6cccc(F)c6cc5c4n3)cc12. The Kier molecular flexibility index (Phi) is 7.01. The largest absolute Gasteiger partial charge is 0.574 e. The molecule has 0 radical (unpaired) electrons. The van der Waals surface area contributed by atoms with Crippen LogP contribution in [0.1, 0.15) is 10.4 Å². The number of fused-ring (bicyclic) bond motifs is 6. The molecule has 7 aromatic rings. The molecule has 0 aliphatic rings. The number of hydrogen-bond acceptors (Lipinski definition) is 8. The average Bonchev–Trinajstić information content (AvgIpc) is 3.62. The summed E-state index contributed by atoms with van der Waals surface area (Å²) < 4.78 is 91.1. The molecule has 0 unspecified atom stereocenters. The number of nitrogens with one attached hydrogen (secondary N) is 1. The Labute approximate surface area is 268 Å². The van der Waals surface area contributed by atoms with Crippen molar-refractivity contribution in [3.63, 3.8) is 0 Å². The summed E-state index contributed by atoms with van der Waals surface area (Å²) in [6.45, 7) is 0. The number of anilines is 1. The number of rotatable bonds is 6. The number of alkyl halides is 3. The van der Waals surface area contributed by atoms with Gasteiger partial charge in [0.15, 0.2) is 0 Å². The third-order valence-corrected chi connectivity index (χ3v) is 9.04. The lowest BCUT2D eigenvalue weighted by Crippen LogP contribution is -2.25. The Bertz CT molecular complexity index is 2550. The zero-order valence-corrected chi connectivity index (χ0v) is 25.9. The number of benzene rings is 2. The van der Waals surface area contributed by atoms with Gasteiger partial charge in [-0.3, -0.25) is 13.5 Å². The first-order valence-corrected chi connectivity index (χ1v) is 15.9. The zero-order valence-electron chi connectivity index (χ0n) is 25.1. The van der Waals surface area contributed by atoms with Gasteiger partial charge in [0.25, 0.3) is 5.91 Å². The number of pyridine rings is 2. The molecule has 1 N–H and O–H groups in total. The number of halogens is 4. The Morgan fingerprint density at radius 3 is 2.50 bits per heavy atom. The molecule has 5 heterocycles. The second-order valence-corrected chi connectivity index (χ2v) is 12.8. The topological polar surface area (TPSA) is 132 Å². The Balaban J connectivity index is 1.48. The molecule has 1 amide bonds. The molecule has 11 nitrogen and oxygen atoms in total. The Hall–Kier alpha value is -5.77. The summed E-state index contributed by atoms with van der Waals surface area (Å²) in [6, 6.07) is 14.9. The van der Waals surface area contributed by atoms with Crippen LogP contribution in [-0.4, -0.2) is 60.4 Å². The second-order valence-electron chi connectivity index (χ2n) is 10.8. The number of ether oxygens (including phenoxy) is 1. The van der Waals surface area contributed by atoms with Crippen LogP contribution in [0.3, 0.4) is 0 Å². The van der Waals surface area contributed by atoms with Gasteiger partial charge >= 0.3 is 6.36 Å². The Morgan fingerprint density at radius 1 is 1.02 bits per heavy atom. The highest BCUT2D eigenvalue weighted by atomic mass is 32.2. The minimum Gasteiger partial charge on any atom is -0.455 e. The van der Waals surface area contributed by atoms with Crippen LogP contribution >= 0.6 is 0 Å². The van der Waals surface area contributed by atoms with E-state index in [4.69, 9.17) is 9.40 Å². The molecule has 0 saturated carbocycles. The molecule has 0 aliphatic carbocycles. The van der Waals surface area contributed by atoms with Crippen LogP contribution in [0.5, 0.6) is 5.88 Å². The van der Waals surface area contributed by atoms with E-state index in [1.807, 2.05) is 0 Å². The summed E-state index contributed by atoms with van der Waals surface area (Å²) in [7, 11) is -1.10. The number of carbonyl (C=O) groups excluding carboxylic acids is 1. The van der Waals surface area contributed by atoms with Crippen molar-refractivity contribution in [1.82, 2.24) is 24.7 Å². The van der Waals surface area contributed by atoms with Gasteiger partial charge in [-0.1, -0.05) is 6.07 Å². The van der Waals surface area contributed by atoms with E-state index in [1.165, 1.54) is 32.3 Å². The van der Waals surface area contributed by atoms with Crippen LogP contribution in [0.2, 0.25) is 0 Å². The first-order chi connectivity index (χ1) is 22.7. The third-order valence-electron chi connectivity index (χ3n) is 7.85. The fraction of sp³-hybridized carbons (Fsp3) is 0.125. The molecular weight excluding hydrogens is 656 g/mol. The van der Waals surface area contributed by atoms with Crippen LogP contribution in [0, 0.1) is 5.82 Å². The van der Waals surface area contributed by atoms with Crippen LogP contribution in [-0.2, 0) is 10.0 Å². The lowest BCUT2D eigenvalue weighted by molar-refractivity contribution is -0.276. The van der Waals surface area contributed by atoms with E-state index in [9.17, 15) is 30.8 Å². The zero-order chi connectivity index (χ0) is 34.1. The van der Waals surface area contributed by atoms with Crippen LogP contribution in [0.25, 0.3) is 61.0 Å². The molecule has 0 aliphatic heterocycles. The van der Waals surface area contributed by atoms with Gasteiger partial charge in [-0.15, -0.1) is 13.2 Å². The first-order valence-electron chi connectivity index (χ1n) is 14.1. The van der Waals surface area contributed by atoms with Crippen molar-refractivity contribution in [2.24, 2.45) is 0 Å². The summed E-state index contributed by atoms with van der Waals surface area (Å²) in [6.07, 6.45) is -1.32. The molecule has 0 spiro atoms. The van der Waals surface area contributed by atoms with Crippen molar-refractivity contribution >= 4 is 60.0 Å². The number of sulfonamides is 1. The van der Waals surface area contributed by atoms with Crippen LogP contribution < -0.4 is 14.4 Å². The van der Waals surface area contributed by atoms with E-state index in [2.05, 4.69) is 20.0 Å². The van der Waals surface area contributed by atoms with Crippen LogP contribution in [0.4, 0.5) is 23.2 Å². The molecule has 0 atom stereocenters. The maximum atomic E-state index is 14.7. The van der Waals surface area contributed by atoms with E-state index >= 15 is 0 Å². The standard InChI is InChI=1S/C32H22F4N6O5S/c1-37-31(43)28-19-11-18(21-8-9-22-29(40-21)25-12-17-20(33)5-4-6-23(17)42(25)15-39-22)24(41(2)48(3,44)45)13-26(19)46-30(28)16-7-10-27(38-14-16)47-32(34,35)36/h4-15H,1-3H3,(H,37,43). The number of nitrogens with zero attached hydrogens (tertiary/aromatic N) is 5. The van der Waals surface area contributed by atoms with Crippen molar-refractivity contribution in [2.75, 3.05) is 24.7 Å². The Morgan fingerprint density at radius 2 is 1.81 bits per heavy atom. The lowest BCUT2D eigenvalue weighted by atomic mass is 10.0. The maximum Gasteiger partial charge on any atom is 0.574 e. The van der Waals surface area contributed by atoms with Crippen molar-refractivity contribution in [1.29, 1.82) is 0 Å². The van der Waals surface area contributed by atoms with Gasteiger partial charge in [-0.25, -0.2) is 27.8 Å². The van der Waals surface area contributed by atoms with Crippen molar-refractivity contribution < 1.29 is 39.9 Å². The predicted molar refractivity (Wildman–Crippen MR) is 170 cm³/mol. The van der Waals surface area contributed by atoms with Gasteiger partial charge in [-0.2, -0.15) is 0 Å². The fourth-order valence-electron chi connectivity index (χ4n) is 5.56. The number of aromatic nitrogens is 4. The monoisotopic (exact) mass is 678 g/mol. The molecule has 0 saturated heterocycles. The molecule has 244 valence electrons. The number of furan rings is 1. The quantitative estimate of drug-likeness (QED) is 0.203. The van der Waals surface area contributed by atoms with Gasteiger partial charge in [0.1, 0.15) is 29.0 Å². The molecule has 5 aromatic heterocycles. The molecular formula is C32H22F4N6O5S. The average molecular weight is 679 g/mol. The molecule has 0 bridgehead atoms. The maximum absolute atomic E-state index is 14.7. The van der Waals surface area contributed by atoms with E-state index in [0.29, 0.717) is 38.7 Å². The minimum atomic E-state index is -4.95. The van der Waals surface area contributed by atoms with Crippen molar-refractivity contribution in [3.05, 3.63) is 84.6 Å². The van der Waals surface area contributed by atoms with Gasteiger partial charge in [0.2, 0.25) is 15.9 Å². The number of hydrogen-bond donors (Lipinski definition) is 1. The first kappa shape index (κ1) is 30.9. The summed E-state index contributed by atoms with van der Waals surface area (Å²) in [5.74, 6) is -1.75.